The third-order valence-corrected chi connectivity index (χ3v) is 4.92. The van der Waals surface area contributed by atoms with Crippen LogP contribution in [0.4, 0.5) is 0 Å². The van der Waals surface area contributed by atoms with E-state index in [2.05, 4.69) is 5.10 Å². The Bertz CT molecular complexity index is 961. The van der Waals surface area contributed by atoms with E-state index in [0.717, 1.165) is 15.7 Å². The predicted octanol–water partition coefficient (Wildman–Crippen LogP) is 1.32. The summed E-state index contributed by atoms with van der Waals surface area (Å²) in [6.45, 7) is 3.67. The number of nitrogens with zero attached hydrogens (tertiary/aromatic N) is 2. The molecule has 1 aromatic heterocycles. The van der Waals surface area contributed by atoms with E-state index >= 15 is 0 Å². The lowest BCUT2D eigenvalue weighted by Crippen LogP contribution is -2.35. The fraction of sp³-hybridized carbons (Fsp3) is 0.389. The van der Waals surface area contributed by atoms with E-state index in [1.54, 1.807) is 0 Å². The van der Waals surface area contributed by atoms with E-state index in [9.17, 15) is 14.4 Å². The number of carbonyl (C=O) groups excluding carboxylic acids is 1. The lowest BCUT2D eigenvalue weighted by atomic mass is 9.70. The Kier molecular flexibility index (Phi) is 4.02. The van der Waals surface area contributed by atoms with Crippen LogP contribution in [0.25, 0.3) is 0 Å². The van der Waals surface area contributed by atoms with Crippen LogP contribution in [0, 0.1) is 5.41 Å². The van der Waals surface area contributed by atoms with Gasteiger partial charge in [0.05, 0.1) is 18.6 Å². The maximum absolute atomic E-state index is 12.3. The number of ether oxygens (including phenoxy) is 1. The van der Waals surface area contributed by atoms with Crippen molar-refractivity contribution >= 4 is 5.97 Å². The number of nitrogens with one attached hydrogen (secondary N) is 1. The van der Waals surface area contributed by atoms with Crippen LogP contribution in [0.1, 0.15) is 36.9 Å². The number of hydrogen-bond donors (Lipinski definition) is 1. The van der Waals surface area contributed by atoms with Crippen LogP contribution in [0.15, 0.2) is 46.0 Å². The second kappa shape index (κ2) is 5.91. The van der Waals surface area contributed by atoms with Gasteiger partial charge in [-0.3, -0.25) is 4.79 Å². The van der Waals surface area contributed by atoms with Crippen molar-refractivity contribution in [1.29, 1.82) is 0 Å². The summed E-state index contributed by atoms with van der Waals surface area (Å²) < 4.78 is 7.29. The molecule has 1 aliphatic carbocycles. The van der Waals surface area contributed by atoms with Crippen LogP contribution in [-0.4, -0.2) is 27.4 Å². The van der Waals surface area contributed by atoms with Crippen molar-refractivity contribution in [2.24, 2.45) is 12.5 Å². The first-order chi connectivity index (χ1) is 11.8. The molecule has 2 atom stereocenters. The lowest BCUT2D eigenvalue weighted by Gasteiger charge is -2.35. The minimum absolute atomic E-state index is 0.196. The minimum Gasteiger partial charge on any atom is -0.469 e. The van der Waals surface area contributed by atoms with Gasteiger partial charge in [0.15, 0.2) is 0 Å². The van der Waals surface area contributed by atoms with Gasteiger partial charge in [0.2, 0.25) is 0 Å². The SMILES string of the molecule is COC(=O)C(C)(C)[C@H]1C=C[C@@H](n2[nH]c(=O)n(C)c2=O)c2ccccc21. The fourth-order valence-electron chi connectivity index (χ4n) is 3.39. The summed E-state index contributed by atoms with van der Waals surface area (Å²) in [5.74, 6) is -0.501. The summed E-state index contributed by atoms with van der Waals surface area (Å²) in [5.41, 5.74) is 0.160. The zero-order valence-electron chi connectivity index (χ0n) is 14.6. The second-order valence-electron chi connectivity index (χ2n) is 6.78. The molecule has 7 heteroatoms. The largest absolute Gasteiger partial charge is 0.469 e. The summed E-state index contributed by atoms with van der Waals surface area (Å²) >= 11 is 0. The van der Waals surface area contributed by atoms with Crippen LogP contribution < -0.4 is 11.4 Å². The van der Waals surface area contributed by atoms with Gasteiger partial charge < -0.3 is 4.74 Å². The van der Waals surface area contributed by atoms with Crippen molar-refractivity contribution < 1.29 is 9.53 Å². The summed E-state index contributed by atoms with van der Waals surface area (Å²) in [6, 6.07) is 7.18. The molecule has 1 aliphatic rings. The average molecular weight is 343 g/mol. The molecule has 0 saturated heterocycles. The monoisotopic (exact) mass is 343 g/mol. The van der Waals surface area contributed by atoms with Crippen molar-refractivity contribution in [3.05, 3.63) is 68.5 Å². The number of H-pyrrole nitrogens is 1. The van der Waals surface area contributed by atoms with Gasteiger partial charge in [-0.15, -0.1) is 0 Å². The van der Waals surface area contributed by atoms with Crippen LogP contribution in [0.2, 0.25) is 0 Å². The Hall–Kier alpha value is -2.83. The highest BCUT2D eigenvalue weighted by Crippen LogP contribution is 2.44. The zero-order valence-corrected chi connectivity index (χ0v) is 14.6. The van der Waals surface area contributed by atoms with E-state index in [1.807, 2.05) is 50.3 Å². The van der Waals surface area contributed by atoms with Crippen LogP contribution >= 0.6 is 0 Å². The summed E-state index contributed by atoms with van der Waals surface area (Å²) in [5, 5.41) is 2.58. The highest BCUT2D eigenvalue weighted by atomic mass is 16.5. The van der Waals surface area contributed by atoms with Gasteiger partial charge in [0.1, 0.15) is 0 Å². The zero-order chi connectivity index (χ0) is 18.4. The molecule has 0 spiro atoms. The van der Waals surface area contributed by atoms with Crippen molar-refractivity contribution in [1.82, 2.24) is 14.3 Å². The number of fused-ring (bicyclic) bond motifs is 1. The summed E-state index contributed by atoms with van der Waals surface area (Å²) in [4.78, 5) is 36.3. The number of allylic oxidation sites excluding steroid dienone is 2. The van der Waals surface area contributed by atoms with Gasteiger partial charge in [0.25, 0.3) is 0 Å². The number of rotatable bonds is 3. The van der Waals surface area contributed by atoms with Crippen LogP contribution in [-0.2, 0) is 16.6 Å². The first-order valence-electron chi connectivity index (χ1n) is 8.02. The summed E-state index contributed by atoms with van der Waals surface area (Å²) in [7, 11) is 2.80. The molecule has 0 saturated carbocycles. The molecule has 1 N–H and O–H groups in total. The Balaban J connectivity index is 2.15. The van der Waals surface area contributed by atoms with E-state index in [4.69, 9.17) is 4.74 Å². The maximum Gasteiger partial charge on any atom is 0.347 e. The average Bonchev–Trinajstić information content (AvgIpc) is 2.87. The second-order valence-corrected chi connectivity index (χ2v) is 6.78. The number of hydrogen-bond acceptors (Lipinski definition) is 4. The molecule has 3 rings (SSSR count). The third-order valence-electron chi connectivity index (χ3n) is 4.92. The van der Waals surface area contributed by atoms with Gasteiger partial charge in [-0.25, -0.2) is 23.9 Å². The molecule has 25 heavy (non-hydrogen) atoms. The Morgan fingerprint density at radius 1 is 1.16 bits per heavy atom. The molecule has 0 bridgehead atoms. The standard InChI is InChI=1S/C18H21N3O4/c1-18(2,15(22)25-4)13-9-10-14(12-8-6-5-7-11(12)13)21-17(24)20(3)16(23)19-21/h5-10,13-14H,1-4H3,(H,19,23)/t13-,14+/m0/s1. The molecule has 1 heterocycles. The van der Waals surface area contributed by atoms with E-state index in [1.165, 1.54) is 18.8 Å². The van der Waals surface area contributed by atoms with Crippen LogP contribution in [0.3, 0.4) is 0 Å². The molecule has 2 aromatic rings. The third kappa shape index (κ3) is 2.56. The molecular formula is C18H21N3O4. The van der Waals surface area contributed by atoms with Crippen molar-refractivity contribution in [3.8, 4) is 0 Å². The first kappa shape index (κ1) is 17.0. The smallest absolute Gasteiger partial charge is 0.347 e. The number of carbonyl (C=O) groups is 1. The number of methoxy groups -OCH3 is 1. The number of aromatic amines is 1. The molecule has 1 aromatic carbocycles. The molecule has 7 nitrogen and oxygen atoms in total. The Morgan fingerprint density at radius 2 is 1.80 bits per heavy atom. The maximum atomic E-state index is 12.3. The normalized spacial score (nSPS) is 19.5. The van der Waals surface area contributed by atoms with Crippen molar-refractivity contribution in [2.45, 2.75) is 25.8 Å². The van der Waals surface area contributed by atoms with Gasteiger partial charge >= 0.3 is 17.3 Å². The van der Waals surface area contributed by atoms with Gasteiger partial charge in [-0.2, -0.15) is 0 Å². The highest BCUT2D eigenvalue weighted by Gasteiger charge is 2.40. The highest BCUT2D eigenvalue weighted by molar-refractivity contribution is 5.78. The molecule has 132 valence electrons. The topological polar surface area (TPSA) is 86.1 Å². The molecule has 0 unspecified atom stereocenters. The number of benzene rings is 1. The van der Waals surface area contributed by atoms with Crippen molar-refractivity contribution in [3.63, 3.8) is 0 Å². The molecule has 0 fully saturated rings. The van der Waals surface area contributed by atoms with Crippen molar-refractivity contribution in [2.75, 3.05) is 7.11 Å². The number of aromatic nitrogens is 3. The van der Waals surface area contributed by atoms with E-state index in [0.29, 0.717) is 0 Å². The molecular weight excluding hydrogens is 322 g/mol. The quantitative estimate of drug-likeness (QED) is 0.673. The molecule has 0 radical (unpaired) electrons. The Morgan fingerprint density at radius 3 is 2.36 bits per heavy atom. The van der Waals surface area contributed by atoms with E-state index in [-0.39, 0.29) is 11.9 Å². The van der Waals surface area contributed by atoms with Gasteiger partial charge in [0, 0.05) is 13.0 Å². The Labute approximate surface area is 144 Å². The lowest BCUT2D eigenvalue weighted by molar-refractivity contribution is -0.151. The first-order valence-corrected chi connectivity index (χ1v) is 8.02. The van der Waals surface area contributed by atoms with E-state index < -0.39 is 22.8 Å². The fourth-order valence-corrected chi connectivity index (χ4v) is 3.39. The molecule has 0 aliphatic heterocycles. The summed E-state index contributed by atoms with van der Waals surface area (Å²) in [6.07, 6.45) is 3.75. The predicted molar refractivity (Wildman–Crippen MR) is 92.6 cm³/mol. The molecule has 0 amide bonds. The minimum atomic E-state index is -0.763. The van der Waals surface area contributed by atoms with Crippen LogP contribution in [0.5, 0.6) is 0 Å². The van der Waals surface area contributed by atoms with Gasteiger partial charge in [-0.05, 0) is 25.0 Å². The van der Waals surface area contributed by atoms with Gasteiger partial charge in [-0.1, -0.05) is 36.4 Å². The number of esters is 1.